The van der Waals surface area contributed by atoms with Gasteiger partial charge in [0.2, 0.25) is 0 Å². The van der Waals surface area contributed by atoms with Crippen LogP contribution in [-0.4, -0.2) is 28.3 Å². The van der Waals surface area contributed by atoms with Crippen molar-refractivity contribution in [2.45, 2.75) is 23.9 Å². The Labute approximate surface area is 209 Å². The van der Waals surface area contributed by atoms with Crippen molar-refractivity contribution in [3.63, 3.8) is 0 Å². The number of aryl methyl sites for hydroxylation is 2. The molecule has 2 aromatic carbocycles. The number of rotatable bonds is 6. The number of hydrogen-bond donors (Lipinski definition) is 0. The van der Waals surface area contributed by atoms with E-state index in [1.54, 1.807) is 17.9 Å². The molecule has 4 rings (SSSR count). The number of nitriles is 2. The summed E-state index contributed by atoms with van der Waals surface area (Å²) < 4.78 is 0. The summed E-state index contributed by atoms with van der Waals surface area (Å²) in [5.41, 5.74) is 6.92. The van der Waals surface area contributed by atoms with Gasteiger partial charge in [-0.25, -0.2) is 0 Å². The summed E-state index contributed by atoms with van der Waals surface area (Å²) in [6.07, 6.45) is 0. The molecule has 0 bridgehead atoms. The average Bonchev–Trinajstić information content (AvgIpc) is 2.84. The molecule has 4 aromatic rings. The van der Waals surface area contributed by atoms with Gasteiger partial charge < -0.3 is 0 Å². The van der Waals surface area contributed by atoms with Gasteiger partial charge in [-0.05, 0) is 0 Å². The van der Waals surface area contributed by atoms with Crippen LogP contribution in [-0.2, 0) is 0 Å². The summed E-state index contributed by atoms with van der Waals surface area (Å²) in [4.78, 5) is 9.63. The molecule has 0 saturated heterocycles. The average molecular weight is 569 g/mol. The molecule has 2 aromatic heterocycles. The minimum atomic E-state index is -1.19. The first-order chi connectivity index (χ1) is 16.1. The van der Waals surface area contributed by atoms with Crippen molar-refractivity contribution >= 4 is 36.3 Å². The third-order valence-electron chi connectivity index (χ3n) is 5.01. The van der Waals surface area contributed by atoms with Crippen molar-refractivity contribution in [2.75, 3.05) is 0 Å². The molecular formula is C26H18N4S2Sn. The molecule has 2 radical (unpaired) electrons. The number of hydrogen-bond acceptors (Lipinski definition) is 6. The van der Waals surface area contributed by atoms with E-state index in [2.05, 4.69) is 12.1 Å². The van der Waals surface area contributed by atoms with Crippen molar-refractivity contribution in [2.24, 2.45) is 0 Å². The van der Waals surface area contributed by atoms with E-state index in [0.29, 0.717) is 11.1 Å². The molecule has 2 heterocycles. The van der Waals surface area contributed by atoms with Crippen LogP contribution < -0.4 is 0 Å². The molecule has 158 valence electrons. The Morgan fingerprint density at radius 3 is 1.42 bits per heavy atom. The number of aromatic nitrogens is 2. The van der Waals surface area contributed by atoms with Crippen molar-refractivity contribution in [3.8, 4) is 34.7 Å². The third kappa shape index (κ3) is 5.42. The zero-order chi connectivity index (χ0) is 23.2. The first-order valence-corrected chi connectivity index (χ1v) is 18.8. The summed E-state index contributed by atoms with van der Waals surface area (Å²) in [5.74, 6) is 0. The van der Waals surface area contributed by atoms with Gasteiger partial charge in [0.15, 0.2) is 0 Å². The Balaban J connectivity index is 1.61. The second kappa shape index (κ2) is 10.9. The molecule has 0 fully saturated rings. The van der Waals surface area contributed by atoms with E-state index in [4.69, 9.17) is 9.97 Å². The Hall–Kier alpha value is -2.78. The summed E-state index contributed by atoms with van der Waals surface area (Å²) in [5, 5.41) is 21.0. The molecule has 0 aliphatic heterocycles. The van der Waals surface area contributed by atoms with Gasteiger partial charge in [0.1, 0.15) is 0 Å². The van der Waals surface area contributed by atoms with E-state index in [1.165, 1.54) is 0 Å². The molecule has 0 aliphatic rings. The quantitative estimate of drug-likeness (QED) is 0.244. The van der Waals surface area contributed by atoms with Gasteiger partial charge in [0, 0.05) is 0 Å². The SMILES string of the molecule is Cc1cc(-c2ccccc2)nc([S][Sn][S]c2nc(-c3ccccc3)cc(C)c2C#N)c1C#N. The van der Waals surface area contributed by atoms with Gasteiger partial charge in [-0.3, -0.25) is 0 Å². The van der Waals surface area contributed by atoms with Crippen LogP contribution in [0.5, 0.6) is 0 Å². The molecule has 0 amide bonds. The second-order valence-corrected chi connectivity index (χ2v) is 16.9. The van der Waals surface area contributed by atoms with Crippen LogP contribution in [0.4, 0.5) is 0 Å². The van der Waals surface area contributed by atoms with E-state index in [0.717, 1.165) is 43.7 Å². The van der Waals surface area contributed by atoms with Gasteiger partial charge in [0.05, 0.1) is 0 Å². The van der Waals surface area contributed by atoms with E-state index < -0.39 is 18.4 Å². The maximum atomic E-state index is 9.71. The van der Waals surface area contributed by atoms with Crippen LogP contribution in [0.1, 0.15) is 22.3 Å². The van der Waals surface area contributed by atoms with Crippen molar-refractivity contribution in [3.05, 3.63) is 95.1 Å². The zero-order valence-electron chi connectivity index (χ0n) is 18.0. The molecule has 33 heavy (non-hydrogen) atoms. The van der Waals surface area contributed by atoms with Crippen molar-refractivity contribution in [1.29, 1.82) is 10.5 Å². The summed E-state index contributed by atoms with van der Waals surface area (Å²) in [7, 11) is 3.33. The summed E-state index contributed by atoms with van der Waals surface area (Å²) in [6, 6.07) is 28.6. The van der Waals surface area contributed by atoms with Crippen LogP contribution in [0.3, 0.4) is 0 Å². The molecule has 0 saturated carbocycles. The molecule has 0 unspecified atom stereocenters. The maximum absolute atomic E-state index is 9.71. The van der Waals surface area contributed by atoms with Gasteiger partial charge in [0.25, 0.3) is 0 Å². The Morgan fingerprint density at radius 1 is 0.667 bits per heavy atom. The van der Waals surface area contributed by atoms with Crippen LogP contribution in [0.15, 0.2) is 82.8 Å². The number of pyridine rings is 2. The topological polar surface area (TPSA) is 73.4 Å². The van der Waals surface area contributed by atoms with Gasteiger partial charge in [-0.2, -0.15) is 0 Å². The molecule has 7 heteroatoms. The molecule has 0 spiro atoms. The Morgan fingerprint density at radius 2 is 1.06 bits per heavy atom. The fourth-order valence-corrected chi connectivity index (χ4v) is 12.7. The second-order valence-electron chi connectivity index (χ2n) is 7.25. The predicted molar refractivity (Wildman–Crippen MR) is 136 cm³/mol. The normalized spacial score (nSPS) is 10.4. The zero-order valence-corrected chi connectivity index (χ0v) is 22.5. The molecule has 0 N–H and O–H groups in total. The Kier molecular flexibility index (Phi) is 7.72. The summed E-state index contributed by atoms with van der Waals surface area (Å²) in [6.45, 7) is 3.91. The van der Waals surface area contributed by atoms with E-state index in [-0.39, 0.29) is 0 Å². The van der Waals surface area contributed by atoms with Gasteiger partial charge >= 0.3 is 210 Å². The third-order valence-corrected chi connectivity index (χ3v) is 14.2. The molecule has 0 atom stereocenters. The van der Waals surface area contributed by atoms with Gasteiger partial charge in [-0.1, -0.05) is 0 Å². The van der Waals surface area contributed by atoms with Gasteiger partial charge in [-0.15, -0.1) is 0 Å². The first kappa shape index (κ1) is 23.4. The van der Waals surface area contributed by atoms with Crippen LogP contribution in [0.25, 0.3) is 22.5 Å². The summed E-state index contributed by atoms with van der Waals surface area (Å²) >= 11 is -1.19. The van der Waals surface area contributed by atoms with E-state index >= 15 is 0 Å². The van der Waals surface area contributed by atoms with E-state index in [1.807, 2.05) is 86.6 Å². The number of benzene rings is 2. The standard InChI is InChI=1S/2C13H10N2S.Sn/c2*1-9-7-12(10-5-3-2-4-6-10)15-13(16)11(9)8-14;/h2*2-7H,1H3,(H,15,16);/q;;+2/p-2. The molecule has 4 nitrogen and oxygen atoms in total. The van der Waals surface area contributed by atoms with Crippen LogP contribution >= 0.6 is 17.9 Å². The minimum absolute atomic E-state index is 0.629. The Bertz CT molecular complexity index is 1270. The molecule has 0 aliphatic carbocycles. The van der Waals surface area contributed by atoms with Crippen molar-refractivity contribution < 1.29 is 0 Å². The van der Waals surface area contributed by atoms with Crippen molar-refractivity contribution in [1.82, 2.24) is 9.97 Å². The van der Waals surface area contributed by atoms with E-state index in [9.17, 15) is 10.5 Å². The fourth-order valence-electron chi connectivity index (χ4n) is 3.32. The van der Waals surface area contributed by atoms with Crippen LogP contribution in [0, 0.1) is 36.5 Å². The van der Waals surface area contributed by atoms with Crippen LogP contribution in [0.2, 0.25) is 0 Å². The molecular weight excluding hydrogens is 551 g/mol. The monoisotopic (exact) mass is 570 g/mol. The number of nitrogens with zero attached hydrogens (tertiary/aromatic N) is 4. The predicted octanol–water partition coefficient (Wildman–Crippen LogP) is 6.59. The first-order valence-electron chi connectivity index (χ1n) is 10.1. The fraction of sp³-hybridized carbons (Fsp3) is 0.0769.